The van der Waals surface area contributed by atoms with E-state index in [0.29, 0.717) is 18.0 Å². The molecule has 5 nitrogen and oxygen atoms in total. The fraction of sp³-hybridized carbons (Fsp3) is 0.571. The van der Waals surface area contributed by atoms with Crippen molar-refractivity contribution in [3.63, 3.8) is 0 Å². The van der Waals surface area contributed by atoms with Crippen molar-refractivity contribution >= 4 is 11.4 Å². The van der Waals surface area contributed by atoms with E-state index in [-0.39, 0.29) is 0 Å². The summed E-state index contributed by atoms with van der Waals surface area (Å²) in [4.78, 5) is 2.44. The third kappa shape index (κ3) is 4.01. The highest BCUT2D eigenvalue weighted by Gasteiger charge is 2.23. The molecule has 1 aromatic rings. The third-order valence-corrected chi connectivity index (χ3v) is 3.74. The molecule has 5 heteroatoms. The number of likely N-dealkylation sites (N-methyl/N-ethyl adjacent to an activating group) is 1. The molecule has 0 spiro atoms. The molecule has 0 aliphatic carbocycles. The largest absolute Gasteiger partial charge is 0.490 e. The monoisotopic (exact) mass is 265 g/mol. The number of ether oxygens (including phenoxy) is 1. The van der Waals surface area contributed by atoms with E-state index in [2.05, 4.69) is 19.0 Å². The van der Waals surface area contributed by atoms with Gasteiger partial charge in [0, 0.05) is 25.3 Å². The van der Waals surface area contributed by atoms with Crippen LogP contribution in [-0.4, -0.2) is 62.8 Å². The standard InChI is InChI=1S/C14H25N4O/c1-18(2)8-5-17(6-9-18)7-10-19-14-4-3-12(15)11-13(14)16/h3-4,11H,5-10,15-16H2,1-2H3/q+1. The summed E-state index contributed by atoms with van der Waals surface area (Å²) in [6, 6.07) is 5.38. The Bertz CT molecular complexity index is 423. The van der Waals surface area contributed by atoms with E-state index in [0.717, 1.165) is 29.9 Å². The summed E-state index contributed by atoms with van der Waals surface area (Å²) in [6.07, 6.45) is 0. The van der Waals surface area contributed by atoms with Crippen molar-refractivity contribution in [3.05, 3.63) is 18.2 Å². The van der Waals surface area contributed by atoms with Gasteiger partial charge in [-0.25, -0.2) is 0 Å². The molecule has 0 atom stereocenters. The molecule has 0 amide bonds. The molecule has 4 N–H and O–H groups in total. The Labute approximate surface area is 115 Å². The first-order valence-corrected chi connectivity index (χ1v) is 6.78. The molecule has 1 aliphatic rings. The number of nitrogens with zero attached hydrogens (tertiary/aromatic N) is 2. The van der Waals surface area contributed by atoms with Crippen molar-refractivity contribution in [2.45, 2.75) is 0 Å². The van der Waals surface area contributed by atoms with Crippen LogP contribution in [0.2, 0.25) is 0 Å². The van der Waals surface area contributed by atoms with E-state index in [1.165, 1.54) is 13.1 Å². The second-order valence-corrected chi connectivity index (χ2v) is 5.87. The van der Waals surface area contributed by atoms with E-state index in [4.69, 9.17) is 16.2 Å². The summed E-state index contributed by atoms with van der Waals surface area (Å²) in [7, 11) is 4.56. The molecule has 0 saturated carbocycles. The summed E-state index contributed by atoms with van der Waals surface area (Å²) in [6.45, 7) is 6.28. The van der Waals surface area contributed by atoms with Gasteiger partial charge >= 0.3 is 0 Å². The van der Waals surface area contributed by atoms with Crippen molar-refractivity contribution < 1.29 is 9.22 Å². The first-order valence-electron chi connectivity index (χ1n) is 6.78. The fourth-order valence-corrected chi connectivity index (χ4v) is 2.25. The maximum atomic E-state index is 5.86. The predicted octanol–water partition coefficient (Wildman–Crippen LogP) is 0.622. The normalized spacial score (nSPS) is 19.3. The van der Waals surface area contributed by atoms with Crippen LogP contribution in [0.1, 0.15) is 0 Å². The van der Waals surface area contributed by atoms with Crippen LogP contribution in [0.4, 0.5) is 11.4 Å². The molecule has 1 saturated heterocycles. The Balaban J connectivity index is 1.75. The summed E-state index contributed by atoms with van der Waals surface area (Å²) >= 11 is 0. The number of anilines is 2. The van der Waals surface area contributed by atoms with E-state index in [1.54, 1.807) is 6.07 Å². The number of nitrogens with two attached hydrogens (primary N) is 2. The number of nitrogen functional groups attached to an aromatic ring is 2. The zero-order valence-electron chi connectivity index (χ0n) is 11.9. The van der Waals surface area contributed by atoms with E-state index >= 15 is 0 Å². The average Bonchev–Trinajstić information content (AvgIpc) is 2.34. The molecule has 19 heavy (non-hydrogen) atoms. The summed E-state index contributed by atoms with van der Waals surface area (Å²) in [5.41, 5.74) is 12.8. The van der Waals surface area contributed by atoms with Gasteiger partial charge in [-0.15, -0.1) is 0 Å². The summed E-state index contributed by atoms with van der Waals surface area (Å²) < 4.78 is 6.83. The fourth-order valence-electron chi connectivity index (χ4n) is 2.25. The molecular weight excluding hydrogens is 240 g/mol. The quantitative estimate of drug-likeness (QED) is 0.619. The maximum Gasteiger partial charge on any atom is 0.142 e. The van der Waals surface area contributed by atoms with Crippen molar-refractivity contribution in [3.8, 4) is 5.75 Å². The highest BCUT2D eigenvalue weighted by atomic mass is 16.5. The lowest BCUT2D eigenvalue weighted by Crippen LogP contribution is -2.55. The van der Waals surface area contributed by atoms with Crippen molar-refractivity contribution in [1.82, 2.24) is 4.90 Å². The molecule has 0 bridgehead atoms. The van der Waals surface area contributed by atoms with Gasteiger partial charge < -0.3 is 20.7 Å². The number of piperazine rings is 1. The van der Waals surface area contributed by atoms with Gasteiger partial charge in [-0.1, -0.05) is 0 Å². The third-order valence-electron chi connectivity index (χ3n) is 3.74. The Morgan fingerprint density at radius 2 is 1.89 bits per heavy atom. The zero-order valence-corrected chi connectivity index (χ0v) is 11.9. The Morgan fingerprint density at radius 1 is 1.21 bits per heavy atom. The Kier molecular flexibility index (Phi) is 4.17. The molecule has 1 aromatic carbocycles. The Hall–Kier alpha value is -1.46. The molecular formula is C14H25N4O+. The zero-order chi connectivity index (χ0) is 13.9. The lowest BCUT2D eigenvalue weighted by Gasteiger charge is -2.38. The van der Waals surface area contributed by atoms with Gasteiger partial charge in [-0.2, -0.15) is 0 Å². The number of benzene rings is 1. The number of hydrogen-bond acceptors (Lipinski definition) is 4. The van der Waals surface area contributed by atoms with Crippen molar-refractivity contribution in [2.75, 3.05) is 64.9 Å². The predicted molar refractivity (Wildman–Crippen MR) is 79.0 cm³/mol. The van der Waals surface area contributed by atoms with Gasteiger partial charge in [0.15, 0.2) is 0 Å². The van der Waals surface area contributed by atoms with Crippen LogP contribution in [0.25, 0.3) is 0 Å². The van der Waals surface area contributed by atoms with Crippen LogP contribution in [-0.2, 0) is 0 Å². The topological polar surface area (TPSA) is 64.5 Å². The van der Waals surface area contributed by atoms with Gasteiger partial charge in [0.25, 0.3) is 0 Å². The summed E-state index contributed by atoms with van der Waals surface area (Å²) in [5, 5.41) is 0. The molecule has 106 valence electrons. The molecule has 2 rings (SSSR count). The van der Waals surface area contributed by atoms with E-state index in [9.17, 15) is 0 Å². The second-order valence-electron chi connectivity index (χ2n) is 5.87. The molecule has 0 aromatic heterocycles. The second kappa shape index (κ2) is 5.67. The number of hydrogen-bond donors (Lipinski definition) is 2. The van der Waals surface area contributed by atoms with Crippen LogP contribution in [0.3, 0.4) is 0 Å². The van der Waals surface area contributed by atoms with Crippen LogP contribution >= 0.6 is 0 Å². The van der Waals surface area contributed by atoms with Crippen LogP contribution in [0.5, 0.6) is 5.75 Å². The minimum absolute atomic E-state index is 0.608. The summed E-state index contributed by atoms with van der Waals surface area (Å²) in [5.74, 6) is 0.724. The van der Waals surface area contributed by atoms with Gasteiger partial charge in [0.2, 0.25) is 0 Å². The highest BCUT2D eigenvalue weighted by molar-refractivity contribution is 5.60. The van der Waals surface area contributed by atoms with E-state index in [1.807, 2.05) is 12.1 Å². The van der Waals surface area contributed by atoms with Crippen molar-refractivity contribution in [1.29, 1.82) is 0 Å². The minimum Gasteiger partial charge on any atom is -0.490 e. The van der Waals surface area contributed by atoms with Crippen LogP contribution in [0.15, 0.2) is 18.2 Å². The minimum atomic E-state index is 0.608. The van der Waals surface area contributed by atoms with Gasteiger partial charge in [-0.05, 0) is 18.2 Å². The Morgan fingerprint density at radius 3 is 2.53 bits per heavy atom. The van der Waals surface area contributed by atoms with Gasteiger partial charge in [-0.3, -0.25) is 4.90 Å². The van der Waals surface area contributed by atoms with Gasteiger partial charge in [0.1, 0.15) is 12.4 Å². The molecule has 0 radical (unpaired) electrons. The number of quaternary nitrogens is 1. The highest BCUT2D eigenvalue weighted by Crippen LogP contribution is 2.23. The smallest absolute Gasteiger partial charge is 0.142 e. The molecule has 1 aliphatic heterocycles. The maximum absolute atomic E-state index is 5.86. The molecule has 1 heterocycles. The first-order chi connectivity index (χ1) is 8.96. The first kappa shape index (κ1) is 14.0. The lowest BCUT2D eigenvalue weighted by atomic mass is 10.2. The lowest BCUT2D eigenvalue weighted by molar-refractivity contribution is -0.894. The van der Waals surface area contributed by atoms with E-state index < -0.39 is 0 Å². The van der Waals surface area contributed by atoms with Crippen molar-refractivity contribution in [2.24, 2.45) is 0 Å². The SMILES string of the molecule is C[N+]1(C)CCN(CCOc2ccc(N)cc2N)CC1. The molecule has 0 unspecified atom stereocenters. The van der Waals surface area contributed by atoms with Crippen LogP contribution in [0, 0.1) is 0 Å². The number of rotatable bonds is 4. The van der Waals surface area contributed by atoms with Crippen LogP contribution < -0.4 is 16.2 Å². The average molecular weight is 265 g/mol. The van der Waals surface area contributed by atoms with Gasteiger partial charge in [0.05, 0.1) is 32.9 Å². The molecule has 1 fully saturated rings.